The van der Waals surface area contributed by atoms with Gasteiger partial charge in [-0.15, -0.1) is 0 Å². The van der Waals surface area contributed by atoms with Gasteiger partial charge in [0.2, 0.25) is 5.95 Å². The summed E-state index contributed by atoms with van der Waals surface area (Å²) >= 11 is 0. The molecule has 3 N–H and O–H groups in total. The predicted octanol–water partition coefficient (Wildman–Crippen LogP) is 1.72. The molecule has 8 nitrogen and oxygen atoms in total. The van der Waals surface area contributed by atoms with Crippen molar-refractivity contribution in [2.75, 3.05) is 13.7 Å². The Morgan fingerprint density at radius 3 is 2.64 bits per heavy atom. The van der Waals surface area contributed by atoms with Gasteiger partial charge in [-0.1, -0.05) is 30.3 Å². The average Bonchev–Trinajstić information content (AvgIpc) is 2.72. The number of hydrogen-bond donors (Lipinski definition) is 3. The van der Waals surface area contributed by atoms with E-state index in [1.165, 1.54) is 0 Å². The zero-order chi connectivity index (χ0) is 20.5. The molecular formula is C19H21FN2O6. The molecule has 9 heteroatoms. The normalized spacial score (nSPS) is 12.7. The number of hydrogen-bond acceptors (Lipinski definition) is 7. The lowest BCUT2D eigenvalue weighted by Crippen LogP contribution is -2.30. The molecule has 0 aliphatic rings. The Bertz CT molecular complexity index is 802. The largest absolute Gasteiger partial charge is 0.465 e. The van der Waals surface area contributed by atoms with Gasteiger partial charge in [-0.25, -0.2) is 14.6 Å². The van der Waals surface area contributed by atoms with Crippen LogP contribution in [0.1, 0.15) is 34.0 Å². The van der Waals surface area contributed by atoms with Gasteiger partial charge < -0.3 is 25.0 Å². The number of aromatic nitrogens is 1. The van der Waals surface area contributed by atoms with Gasteiger partial charge >= 0.3 is 12.1 Å². The zero-order valence-electron chi connectivity index (χ0n) is 15.2. The number of methoxy groups -OCH3 is 1. The van der Waals surface area contributed by atoms with Crippen LogP contribution in [-0.2, 0) is 16.1 Å². The van der Waals surface area contributed by atoms with Gasteiger partial charge in [0.1, 0.15) is 18.3 Å². The summed E-state index contributed by atoms with van der Waals surface area (Å²) in [6, 6.07) is 10.2. The molecule has 0 fully saturated rings. The number of nitrogens with one attached hydrogen (secondary N) is 1. The number of amides is 1. The van der Waals surface area contributed by atoms with Crippen LogP contribution in [0.4, 0.5) is 9.18 Å². The fourth-order valence-corrected chi connectivity index (χ4v) is 2.36. The Morgan fingerprint density at radius 1 is 1.25 bits per heavy atom. The number of carbonyl (C=O) groups is 2. The van der Waals surface area contributed by atoms with Crippen molar-refractivity contribution in [1.29, 1.82) is 0 Å². The molecule has 1 heterocycles. The lowest BCUT2D eigenvalue weighted by Gasteiger charge is -2.18. The fourth-order valence-electron chi connectivity index (χ4n) is 2.36. The van der Waals surface area contributed by atoms with E-state index in [1.807, 2.05) is 30.3 Å². The van der Waals surface area contributed by atoms with Crippen LogP contribution in [0.25, 0.3) is 0 Å². The molecule has 150 valence electrons. The molecule has 0 aliphatic carbocycles. The molecule has 2 aromatic rings. The second kappa shape index (κ2) is 10.3. The molecule has 1 aromatic heterocycles. The highest BCUT2D eigenvalue weighted by Crippen LogP contribution is 2.20. The van der Waals surface area contributed by atoms with Gasteiger partial charge in [0.15, 0.2) is 0 Å². The van der Waals surface area contributed by atoms with Gasteiger partial charge in [0, 0.05) is 18.3 Å². The zero-order valence-corrected chi connectivity index (χ0v) is 15.2. The number of nitrogens with zero attached hydrogens (tertiary/aromatic N) is 1. The molecule has 0 saturated carbocycles. The summed E-state index contributed by atoms with van der Waals surface area (Å²) in [6.07, 6.45) is -2.38. The first-order valence-corrected chi connectivity index (χ1v) is 8.46. The Balaban J connectivity index is 1.81. The summed E-state index contributed by atoms with van der Waals surface area (Å²) in [6.45, 7) is 0.139. The Kier molecular flexibility index (Phi) is 7.85. The summed E-state index contributed by atoms with van der Waals surface area (Å²) in [5.74, 6) is -1.99. The minimum atomic E-state index is -1.43. The summed E-state index contributed by atoms with van der Waals surface area (Å²) in [4.78, 5) is 26.5. The third-order valence-corrected chi connectivity index (χ3v) is 3.89. The summed E-state index contributed by atoms with van der Waals surface area (Å²) in [5, 5.41) is 22.7. The van der Waals surface area contributed by atoms with Crippen molar-refractivity contribution in [1.82, 2.24) is 10.3 Å². The number of aliphatic hydroxyl groups excluding tert-OH is 2. The number of aliphatic hydroxyl groups is 2. The van der Waals surface area contributed by atoms with Gasteiger partial charge in [0.25, 0.3) is 0 Å². The van der Waals surface area contributed by atoms with E-state index in [9.17, 15) is 24.2 Å². The Labute approximate surface area is 160 Å². The highest BCUT2D eigenvalue weighted by Gasteiger charge is 2.22. The van der Waals surface area contributed by atoms with Crippen LogP contribution >= 0.6 is 0 Å². The molecule has 2 unspecified atom stereocenters. The SMILES string of the molecule is COC(=O)c1cc(C(O)C(O)CCNC(=O)OCc2ccccc2)cnc1F. The standard InChI is InChI=1S/C19H21FN2O6/c1-27-18(25)14-9-13(10-22-17(14)20)16(24)15(23)7-8-21-19(26)28-11-12-5-3-2-4-6-12/h2-6,9-10,15-16,23-24H,7-8,11H2,1H3,(H,21,26). The number of benzene rings is 1. The third kappa shape index (κ3) is 6.00. The van der Waals surface area contributed by atoms with Crippen molar-refractivity contribution in [3.05, 3.63) is 65.2 Å². The number of ether oxygens (including phenoxy) is 2. The summed E-state index contributed by atoms with van der Waals surface area (Å²) < 4.78 is 23.0. The van der Waals surface area contributed by atoms with Crippen molar-refractivity contribution in [2.24, 2.45) is 0 Å². The van der Waals surface area contributed by atoms with Gasteiger partial charge in [-0.3, -0.25) is 0 Å². The predicted molar refractivity (Wildman–Crippen MR) is 95.7 cm³/mol. The lowest BCUT2D eigenvalue weighted by molar-refractivity contribution is 0.0132. The molecule has 0 aliphatic heterocycles. The van der Waals surface area contributed by atoms with Crippen LogP contribution < -0.4 is 5.32 Å². The van der Waals surface area contributed by atoms with Crippen molar-refractivity contribution >= 4 is 12.1 Å². The van der Waals surface area contributed by atoms with E-state index in [-0.39, 0.29) is 25.1 Å². The van der Waals surface area contributed by atoms with Crippen molar-refractivity contribution in [2.45, 2.75) is 25.2 Å². The number of rotatable bonds is 8. The smallest absolute Gasteiger partial charge is 0.407 e. The molecule has 1 aromatic carbocycles. The van der Waals surface area contributed by atoms with E-state index < -0.39 is 35.8 Å². The van der Waals surface area contributed by atoms with E-state index in [0.717, 1.165) is 24.9 Å². The van der Waals surface area contributed by atoms with Gasteiger partial charge in [-0.05, 0) is 18.1 Å². The molecule has 0 spiro atoms. The molecule has 28 heavy (non-hydrogen) atoms. The first kappa shape index (κ1) is 21.3. The number of esters is 1. The maximum atomic E-state index is 13.5. The van der Waals surface area contributed by atoms with Gasteiger partial charge in [0.05, 0.1) is 13.2 Å². The number of carbonyl (C=O) groups excluding carboxylic acids is 2. The minimum absolute atomic E-state index is 0.00740. The molecular weight excluding hydrogens is 371 g/mol. The molecule has 0 radical (unpaired) electrons. The van der Waals surface area contributed by atoms with Crippen molar-refractivity contribution in [3.8, 4) is 0 Å². The number of pyridine rings is 1. The third-order valence-electron chi connectivity index (χ3n) is 3.89. The first-order valence-electron chi connectivity index (χ1n) is 8.46. The second-order valence-corrected chi connectivity index (χ2v) is 5.89. The molecule has 2 atom stereocenters. The Morgan fingerprint density at radius 2 is 1.96 bits per heavy atom. The first-order chi connectivity index (χ1) is 13.4. The quantitative estimate of drug-likeness (QED) is 0.462. The highest BCUT2D eigenvalue weighted by atomic mass is 19.1. The molecule has 0 bridgehead atoms. The lowest BCUT2D eigenvalue weighted by atomic mass is 10.0. The van der Waals surface area contributed by atoms with E-state index in [2.05, 4.69) is 15.0 Å². The second-order valence-electron chi connectivity index (χ2n) is 5.89. The van der Waals surface area contributed by atoms with Crippen LogP contribution in [-0.4, -0.2) is 47.0 Å². The van der Waals surface area contributed by atoms with E-state index in [1.54, 1.807) is 0 Å². The van der Waals surface area contributed by atoms with Crippen LogP contribution in [0.2, 0.25) is 0 Å². The van der Waals surface area contributed by atoms with Gasteiger partial charge in [-0.2, -0.15) is 4.39 Å². The minimum Gasteiger partial charge on any atom is -0.465 e. The van der Waals surface area contributed by atoms with E-state index in [4.69, 9.17) is 4.74 Å². The molecule has 2 rings (SSSR count). The molecule has 0 saturated heterocycles. The van der Waals surface area contributed by atoms with Crippen molar-refractivity contribution < 1.29 is 33.7 Å². The van der Waals surface area contributed by atoms with E-state index in [0.29, 0.717) is 0 Å². The fraction of sp³-hybridized carbons (Fsp3) is 0.316. The average molecular weight is 392 g/mol. The van der Waals surface area contributed by atoms with Crippen LogP contribution in [0.3, 0.4) is 0 Å². The maximum Gasteiger partial charge on any atom is 0.407 e. The summed E-state index contributed by atoms with van der Waals surface area (Å²) in [5.41, 5.74) is 0.424. The van der Waals surface area contributed by atoms with Crippen LogP contribution in [0.5, 0.6) is 0 Å². The number of alkyl carbamates (subject to hydrolysis) is 1. The van der Waals surface area contributed by atoms with Crippen LogP contribution in [0.15, 0.2) is 42.6 Å². The topological polar surface area (TPSA) is 118 Å². The van der Waals surface area contributed by atoms with E-state index >= 15 is 0 Å². The Hall–Kier alpha value is -3.04. The monoisotopic (exact) mass is 392 g/mol. The summed E-state index contributed by atoms with van der Waals surface area (Å²) in [7, 11) is 1.09. The maximum absolute atomic E-state index is 13.5. The van der Waals surface area contributed by atoms with Crippen molar-refractivity contribution in [3.63, 3.8) is 0 Å². The number of halogens is 1. The van der Waals surface area contributed by atoms with Crippen LogP contribution in [0, 0.1) is 5.95 Å². The molecule has 1 amide bonds. The highest BCUT2D eigenvalue weighted by molar-refractivity contribution is 5.89.